The van der Waals surface area contributed by atoms with Crippen LogP contribution in [0.15, 0.2) is 4.52 Å². The molecule has 112 valence electrons. The lowest BCUT2D eigenvalue weighted by Gasteiger charge is -2.29. The third kappa shape index (κ3) is 4.30. The largest absolute Gasteiger partial charge is 0.481 e. The van der Waals surface area contributed by atoms with Gasteiger partial charge in [0, 0.05) is 13.0 Å². The molecular weight excluding hydrogens is 258 g/mol. The lowest BCUT2D eigenvalue weighted by Crippen LogP contribution is -2.38. The first kappa shape index (κ1) is 15.0. The van der Waals surface area contributed by atoms with Gasteiger partial charge in [0.05, 0.1) is 12.5 Å². The molecule has 0 aliphatic carbocycles. The maximum atomic E-state index is 11.0. The minimum atomic E-state index is -0.710. The van der Waals surface area contributed by atoms with Gasteiger partial charge in [-0.15, -0.1) is 0 Å². The van der Waals surface area contributed by atoms with E-state index in [1.807, 2.05) is 0 Å². The highest BCUT2D eigenvalue weighted by Crippen LogP contribution is 2.18. The molecule has 0 saturated carbocycles. The van der Waals surface area contributed by atoms with Crippen LogP contribution in [0.1, 0.15) is 44.8 Å². The molecule has 1 fully saturated rings. The molecular formula is C14H23N3O3. The highest BCUT2D eigenvalue weighted by molar-refractivity contribution is 5.70. The lowest BCUT2D eigenvalue weighted by atomic mass is 9.98. The van der Waals surface area contributed by atoms with E-state index in [1.165, 1.54) is 0 Å². The van der Waals surface area contributed by atoms with Crippen molar-refractivity contribution in [3.05, 3.63) is 11.7 Å². The molecule has 1 aliphatic rings. The normalized spacial score (nSPS) is 20.4. The molecule has 1 N–H and O–H groups in total. The predicted octanol–water partition coefficient (Wildman–Crippen LogP) is 1.95. The Morgan fingerprint density at radius 3 is 3.05 bits per heavy atom. The van der Waals surface area contributed by atoms with Gasteiger partial charge >= 0.3 is 5.97 Å². The summed E-state index contributed by atoms with van der Waals surface area (Å²) >= 11 is 0. The molecule has 1 saturated heterocycles. The number of piperidine rings is 1. The van der Waals surface area contributed by atoms with Crippen LogP contribution < -0.4 is 0 Å². The van der Waals surface area contributed by atoms with Crippen LogP contribution in [-0.4, -0.2) is 39.2 Å². The van der Waals surface area contributed by atoms with Crippen molar-refractivity contribution in [1.82, 2.24) is 15.0 Å². The van der Waals surface area contributed by atoms with Gasteiger partial charge in [-0.25, -0.2) is 0 Å². The number of aromatic nitrogens is 2. The Morgan fingerprint density at radius 2 is 2.35 bits per heavy atom. The van der Waals surface area contributed by atoms with E-state index in [1.54, 1.807) is 0 Å². The maximum Gasteiger partial charge on any atom is 0.307 e. The van der Waals surface area contributed by atoms with Gasteiger partial charge in [0.25, 0.3) is 0 Å². The first-order valence-corrected chi connectivity index (χ1v) is 7.31. The zero-order valence-corrected chi connectivity index (χ0v) is 12.2. The summed E-state index contributed by atoms with van der Waals surface area (Å²) in [5.74, 6) is 0.982. The van der Waals surface area contributed by atoms with Crippen LogP contribution in [-0.2, 0) is 17.8 Å². The Labute approximate surface area is 119 Å². The van der Waals surface area contributed by atoms with Crippen molar-refractivity contribution >= 4 is 5.97 Å². The number of nitrogens with zero attached hydrogens (tertiary/aromatic N) is 3. The van der Waals surface area contributed by atoms with E-state index in [0.29, 0.717) is 24.9 Å². The molecule has 1 atom stereocenters. The van der Waals surface area contributed by atoms with E-state index in [-0.39, 0.29) is 5.92 Å². The number of likely N-dealkylation sites (tertiary alicyclic amines) is 1. The van der Waals surface area contributed by atoms with Crippen molar-refractivity contribution in [2.45, 2.75) is 46.1 Å². The summed E-state index contributed by atoms with van der Waals surface area (Å²) < 4.78 is 5.25. The van der Waals surface area contributed by atoms with Crippen LogP contribution in [0.3, 0.4) is 0 Å². The molecule has 6 nitrogen and oxygen atoms in total. The predicted molar refractivity (Wildman–Crippen MR) is 73.1 cm³/mol. The molecule has 0 amide bonds. The molecule has 6 heteroatoms. The van der Waals surface area contributed by atoms with E-state index in [4.69, 9.17) is 9.63 Å². The molecule has 2 rings (SSSR count). The molecule has 1 aromatic rings. The summed E-state index contributed by atoms with van der Waals surface area (Å²) in [5.41, 5.74) is 0. The lowest BCUT2D eigenvalue weighted by molar-refractivity contribution is -0.143. The van der Waals surface area contributed by atoms with Crippen molar-refractivity contribution in [2.24, 2.45) is 11.8 Å². The first-order valence-electron chi connectivity index (χ1n) is 7.31. The van der Waals surface area contributed by atoms with Gasteiger partial charge in [-0.05, 0) is 31.7 Å². The summed E-state index contributed by atoms with van der Waals surface area (Å²) in [6.45, 7) is 6.35. The molecule has 2 heterocycles. The van der Waals surface area contributed by atoms with Crippen molar-refractivity contribution in [3.63, 3.8) is 0 Å². The Hall–Kier alpha value is -1.43. The smallest absolute Gasteiger partial charge is 0.307 e. The average molecular weight is 281 g/mol. The van der Waals surface area contributed by atoms with E-state index in [2.05, 4.69) is 28.9 Å². The van der Waals surface area contributed by atoms with Crippen LogP contribution in [0.25, 0.3) is 0 Å². The number of aryl methyl sites for hydroxylation is 1. The van der Waals surface area contributed by atoms with Crippen molar-refractivity contribution in [2.75, 3.05) is 13.1 Å². The van der Waals surface area contributed by atoms with E-state index in [9.17, 15) is 4.79 Å². The van der Waals surface area contributed by atoms with Crippen LogP contribution in [0, 0.1) is 11.8 Å². The summed E-state index contributed by atoms with van der Waals surface area (Å²) in [6.07, 6.45) is 3.54. The third-order valence-electron chi connectivity index (χ3n) is 3.67. The SMILES string of the molecule is CC(C)CCc1noc(CN2CCCC(C(=O)O)C2)n1. The second-order valence-electron chi connectivity index (χ2n) is 5.95. The molecule has 20 heavy (non-hydrogen) atoms. The Morgan fingerprint density at radius 1 is 1.55 bits per heavy atom. The van der Waals surface area contributed by atoms with Crippen molar-refractivity contribution in [3.8, 4) is 0 Å². The fourth-order valence-electron chi connectivity index (χ4n) is 2.47. The van der Waals surface area contributed by atoms with Gasteiger partial charge in [0.2, 0.25) is 5.89 Å². The summed E-state index contributed by atoms with van der Waals surface area (Å²) in [4.78, 5) is 17.5. The van der Waals surface area contributed by atoms with Gasteiger partial charge in [0.1, 0.15) is 0 Å². The maximum absolute atomic E-state index is 11.0. The number of hydrogen-bond donors (Lipinski definition) is 1. The average Bonchev–Trinajstić information content (AvgIpc) is 2.84. The van der Waals surface area contributed by atoms with Crippen LogP contribution in [0.4, 0.5) is 0 Å². The zero-order valence-electron chi connectivity index (χ0n) is 12.2. The molecule has 0 radical (unpaired) electrons. The fraction of sp³-hybridized carbons (Fsp3) is 0.786. The van der Waals surface area contributed by atoms with E-state index < -0.39 is 5.97 Å². The molecule has 0 spiro atoms. The van der Waals surface area contributed by atoms with Gasteiger partial charge in [0.15, 0.2) is 5.82 Å². The minimum absolute atomic E-state index is 0.271. The van der Waals surface area contributed by atoms with E-state index in [0.717, 1.165) is 38.1 Å². The number of carbonyl (C=O) groups is 1. The van der Waals surface area contributed by atoms with Crippen LogP contribution >= 0.6 is 0 Å². The molecule has 1 aliphatic heterocycles. The zero-order chi connectivity index (χ0) is 14.5. The minimum Gasteiger partial charge on any atom is -0.481 e. The fourth-order valence-corrected chi connectivity index (χ4v) is 2.47. The van der Waals surface area contributed by atoms with E-state index >= 15 is 0 Å². The highest BCUT2D eigenvalue weighted by Gasteiger charge is 2.26. The summed E-state index contributed by atoms with van der Waals surface area (Å²) in [5, 5.41) is 13.0. The molecule has 0 bridgehead atoms. The standard InChI is InChI=1S/C14H23N3O3/c1-10(2)5-6-12-15-13(20-16-12)9-17-7-3-4-11(8-17)14(18)19/h10-11H,3-9H2,1-2H3,(H,18,19). The Bertz CT molecular complexity index is 445. The first-order chi connectivity index (χ1) is 9.54. The topological polar surface area (TPSA) is 79.5 Å². The number of carboxylic acids is 1. The second kappa shape index (κ2) is 6.83. The number of hydrogen-bond acceptors (Lipinski definition) is 5. The van der Waals surface area contributed by atoms with Crippen LogP contribution in [0.2, 0.25) is 0 Å². The van der Waals surface area contributed by atoms with Crippen LogP contribution in [0.5, 0.6) is 0 Å². The van der Waals surface area contributed by atoms with Gasteiger partial charge in [-0.1, -0.05) is 19.0 Å². The molecule has 1 unspecified atom stereocenters. The van der Waals surface area contributed by atoms with Gasteiger partial charge < -0.3 is 9.63 Å². The molecule has 1 aromatic heterocycles. The van der Waals surface area contributed by atoms with Crippen molar-refractivity contribution < 1.29 is 14.4 Å². The summed E-state index contributed by atoms with van der Waals surface area (Å²) in [7, 11) is 0. The summed E-state index contributed by atoms with van der Waals surface area (Å²) in [6, 6.07) is 0. The van der Waals surface area contributed by atoms with Crippen molar-refractivity contribution in [1.29, 1.82) is 0 Å². The number of rotatable bonds is 6. The number of aliphatic carboxylic acids is 1. The quantitative estimate of drug-likeness (QED) is 0.858. The van der Waals surface area contributed by atoms with Gasteiger partial charge in [-0.3, -0.25) is 9.69 Å². The van der Waals surface area contributed by atoms with Gasteiger partial charge in [-0.2, -0.15) is 4.98 Å². The molecule has 0 aromatic carbocycles. The highest BCUT2D eigenvalue weighted by atomic mass is 16.5. The Balaban J connectivity index is 1.85. The monoisotopic (exact) mass is 281 g/mol. The second-order valence-corrected chi connectivity index (χ2v) is 5.95. The number of carboxylic acid groups (broad SMARTS) is 1. The Kier molecular flexibility index (Phi) is 5.11. The third-order valence-corrected chi connectivity index (χ3v) is 3.67.